The summed E-state index contributed by atoms with van der Waals surface area (Å²) in [5.74, 6) is 0.790. The summed E-state index contributed by atoms with van der Waals surface area (Å²) in [5.41, 5.74) is 2.31. The molecule has 2 heteroatoms. The van der Waals surface area contributed by atoms with Crippen molar-refractivity contribution in [1.82, 2.24) is 4.98 Å². The van der Waals surface area contributed by atoms with Crippen LogP contribution in [-0.2, 0) is 0 Å². The molecule has 1 N–H and O–H groups in total. The third-order valence-corrected chi connectivity index (χ3v) is 3.46. The second-order valence-electron chi connectivity index (χ2n) is 4.65. The van der Waals surface area contributed by atoms with Crippen LogP contribution in [0.15, 0.2) is 18.3 Å². The van der Waals surface area contributed by atoms with Gasteiger partial charge in [-0.1, -0.05) is 19.8 Å². The molecule has 2 atom stereocenters. The molecule has 1 aliphatic rings. The van der Waals surface area contributed by atoms with E-state index in [9.17, 15) is 0 Å². The molecule has 1 saturated carbocycles. The van der Waals surface area contributed by atoms with Crippen molar-refractivity contribution in [3.63, 3.8) is 0 Å². The number of nitrogens with zero attached hydrogens (tertiary/aromatic N) is 1. The van der Waals surface area contributed by atoms with E-state index in [0.717, 1.165) is 11.6 Å². The van der Waals surface area contributed by atoms with Gasteiger partial charge in [-0.15, -0.1) is 0 Å². The Balaban J connectivity index is 2.04. The van der Waals surface area contributed by atoms with Crippen LogP contribution in [0, 0.1) is 12.8 Å². The maximum atomic E-state index is 4.31. The van der Waals surface area contributed by atoms with Gasteiger partial charge in [0.1, 0.15) is 0 Å². The molecule has 82 valence electrons. The van der Waals surface area contributed by atoms with Crippen LogP contribution < -0.4 is 5.32 Å². The number of aryl methyl sites for hydroxylation is 1. The number of hydrogen-bond donors (Lipinski definition) is 1. The summed E-state index contributed by atoms with van der Waals surface area (Å²) in [7, 11) is 0. The molecule has 0 aliphatic heterocycles. The molecule has 0 radical (unpaired) electrons. The van der Waals surface area contributed by atoms with E-state index in [1.807, 2.05) is 12.3 Å². The lowest BCUT2D eigenvalue weighted by Crippen LogP contribution is -2.30. The van der Waals surface area contributed by atoms with Crippen LogP contribution in [-0.4, -0.2) is 11.0 Å². The van der Waals surface area contributed by atoms with Crippen molar-refractivity contribution in [3.05, 3.63) is 24.0 Å². The van der Waals surface area contributed by atoms with Gasteiger partial charge in [0, 0.05) is 12.2 Å². The summed E-state index contributed by atoms with van der Waals surface area (Å²) >= 11 is 0. The first kappa shape index (κ1) is 10.5. The summed E-state index contributed by atoms with van der Waals surface area (Å²) in [6.45, 7) is 4.42. The zero-order valence-corrected chi connectivity index (χ0v) is 9.66. The van der Waals surface area contributed by atoms with E-state index in [2.05, 4.69) is 30.2 Å². The van der Waals surface area contributed by atoms with Crippen LogP contribution in [0.1, 0.15) is 38.3 Å². The van der Waals surface area contributed by atoms with E-state index in [0.29, 0.717) is 6.04 Å². The zero-order valence-electron chi connectivity index (χ0n) is 9.66. The molecule has 0 saturated heterocycles. The highest BCUT2D eigenvalue weighted by atomic mass is 14.9. The molecular formula is C13H20N2. The topological polar surface area (TPSA) is 24.9 Å². The fourth-order valence-corrected chi connectivity index (χ4v) is 2.37. The summed E-state index contributed by atoms with van der Waals surface area (Å²) in [4.78, 5) is 4.31. The number of aromatic nitrogens is 1. The molecule has 1 aliphatic carbocycles. The molecule has 1 aromatic heterocycles. The molecule has 2 nitrogen and oxygen atoms in total. The third kappa shape index (κ3) is 2.49. The highest BCUT2D eigenvalue weighted by molar-refractivity contribution is 5.47. The monoisotopic (exact) mass is 204 g/mol. The van der Waals surface area contributed by atoms with Crippen LogP contribution in [0.2, 0.25) is 0 Å². The molecule has 1 aromatic rings. The summed E-state index contributed by atoms with van der Waals surface area (Å²) in [5, 5.41) is 3.64. The Kier molecular flexibility index (Phi) is 3.24. The van der Waals surface area contributed by atoms with Crippen LogP contribution in [0.3, 0.4) is 0 Å². The second kappa shape index (κ2) is 4.65. The molecule has 0 unspecified atom stereocenters. The Hall–Kier alpha value is -1.05. The van der Waals surface area contributed by atoms with E-state index < -0.39 is 0 Å². The van der Waals surface area contributed by atoms with Crippen molar-refractivity contribution in [3.8, 4) is 0 Å². The minimum atomic E-state index is 0.640. The standard InChI is InChI=1S/C13H20N2/c1-10-6-3-4-7-12(10)15-13-8-5-9-14-11(13)2/h5,8-10,12,15H,3-4,6-7H2,1-2H3/t10-,12-/m0/s1. The van der Waals surface area contributed by atoms with Crippen LogP contribution in [0.4, 0.5) is 5.69 Å². The smallest absolute Gasteiger partial charge is 0.0603 e. The quantitative estimate of drug-likeness (QED) is 0.798. The predicted octanol–water partition coefficient (Wildman–Crippen LogP) is 3.38. The lowest BCUT2D eigenvalue weighted by Gasteiger charge is -2.30. The average Bonchev–Trinajstić information content (AvgIpc) is 2.24. The van der Waals surface area contributed by atoms with Crippen LogP contribution in [0.5, 0.6) is 0 Å². The lowest BCUT2D eigenvalue weighted by molar-refractivity contribution is 0.349. The van der Waals surface area contributed by atoms with Gasteiger partial charge < -0.3 is 5.32 Å². The molecule has 1 fully saturated rings. The normalized spacial score (nSPS) is 26.3. The Morgan fingerprint density at radius 2 is 2.13 bits per heavy atom. The van der Waals surface area contributed by atoms with Crippen molar-refractivity contribution in [2.75, 3.05) is 5.32 Å². The van der Waals surface area contributed by atoms with Gasteiger partial charge in [0.05, 0.1) is 11.4 Å². The molecule has 0 spiro atoms. The maximum Gasteiger partial charge on any atom is 0.0603 e. The van der Waals surface area contributed by atoms with Gasteiger partial charge in [-0.25, -0.2) is 0 Å². The summed E-state index contributed by atoms with van der Waals surface area (Å²) in [6.07, 6.45) is 7.27. The molecule has 0 aromatic carbocycles. The van der Waals surface area contributed by atoms with E-state index in [1.165, 1.54) is 31.4 Å². The molecule has 15 heavy (non-hydrogen) atoms. The zero-order chi connectivity index (χ0) is 10.7. The predicted molar refractivity (Wildman–Crippen MR) is 64.0 cm³/mol. The van der Waals surface area contributed by atoms with Crippen molar-refractivity contribution < 1.29 is 0 Å². The molecule has 2 rings (SSSR count). The molecule has 0 bridgehead atoms. The fraction of sp³-hybridized carbons (Fsp3) is 0.615. The van der Waals surface area contributed by atoms with E-state index in [4.69, 9.17) is 0 Å². The fourth-order valence-electron chi connectivity index (χ4n) is 2.37. The first-order valence-electron chi connectivity index (χ1n) is 5.95. The minimum absolute atomic E-state index is 0.640. The maximum absolute atomic E-state index is 4.31. The summed E-state index contributed by atoms with van der Waals surface area (Å²) < 4.78 is 0. The Bertz CT molecular complexity index is 322. The number of pyridine rings is 1. The highest BCUT2D eigenvalue weighted by Crippen LogP contribution is 2.27. The van der Waals surface area contributed by atoms with E-state index >= 15 is 0 Å². The van der Waals surface area contributed by atoms with Crippen molar-refractivity contribution in [1.29, 1.82) is 0 Å². The van der Waals surface area contributed by atoms with Crippen molar-refractivity contribution in [2.24, 2.45) is 5.92 Å². The van der Waals surface area contributed by atoms with Gasteiger partial charge in [-0.2, -0.15) is 0 Å². The van der Waals surface area contributed by atoms with Crippen LogP contribution in [0.25, 0.3) is 0 Å². The number of rotatable bonds is 2. The Morgan fingerprint density at radius 1 is 1.33 bits per heavy atom. The van der Waals surface area contributed by atoms with Crippen molar-refractivity contribution in [2.45, 2.75) is 45.6 Å². The summed E-state index contributed by atoms with van der Waals surface area (Å²) in [6, 6.07) is 4.77. The highest BCUT2D eigenvalue weighted by Gasteiger charge is 2.21. The van der Waals surface area contributed by atoms with Gasteiger partial charge in [-0.05, 0) is 37.8 Å². The Morgan fingerprint density at radius 3 is 2.87 bits per heavy atom. The van der Waals surface area contributed by atoms with Gasteiger partial charge in [0.2, 0.25) is 0 Å². The molecule has 0 amide bonds. The van der Waals surface area contributed by atoms with Gasteiger partial charge in [-0.3, -0.25) is 4.98 Å². The molecule has 1 heterocycles. The average molecular weight is 204 g/mol. The minimum Gasteiger partial charge on any atom is -0.381 e. The number of hydrogen-bond acceptors (Lipinski definition) is 2. The largest absolute Gasteiger partial charge is 0.381 e. The van der Waals surface area contributed by atoms with Gasteiger partial charge >= 0.3 is 0 Å². The van der Waals surface area contributed by atoms with E-state index in [1.54, 1.807) is 0 Å². The lowest BCUT2D eigenvalue weighted by atomic mass is 9.86. The van der Waals surface area contributed by atoms with Crippen LogP contribution >= 0.6 is 0 Å². The molecular weight excluding hydrogens is 184 g/mol. The van der Waals surface area contributed by atoms with Gasteiger partial charge in [0.15, 0.2) is 0 Å². The third-order valence-electron chi connectivity index (χ3n) is 3.46. The Labute approximate surface area is 92.1 Å². The number of nitrogens with one attached hydrogen (secondary N) is 1. The van der Waals surface area contributed by atoms with Crippen molar-refractivity contribution >= 4 is 5.69 Å². The first-order valence-corrected chi connectivity index (χ1v) is 5.95. The number of anilines is 1. The van der Waals surface area contributed by atoms with Gasteiger partial charge in [0.25, 0.3) is 0 Å². The SMILES string of the molecule is Cc1ncccc1N[C@H]1CCCC[C@@H]1C. The second-order valence-corrected chi connectivity index (χ2v) is 4.65. The van der Waals surface area contributed by atoms with E-state index in [-0.39, 0.29) is 0 Å². The first-order chi connectivity index (χ1) is 7.27.